The second-order valence-corrected chi connectivity index (χ2v) is 4.61. The van der Waals surface area contributed by atoms with E-state index in [9.17, 15) is 17.6 Å². The molecule has 0 aliphatic heterocycles. The predicted molar refractivity (Wildman–Crippen MR) is 61.5 cm³/mol. The highest BCUT2D eigenvalue weighted by Gasteiger charge is 2.41. The van der Waals surface area contributed by atoms with Gasteiger partial charge in [0.25, 0.3) is 0 Å². The lowest BCUT2D eigenvalue weighted by atomic mass is 9.86. The average Bonchev–Trinajstić information content (AvgIpc) is 2.37. The van der Waals surface area contributed by atoms with Crippen molar-refractivity contribution in [3.8, 4) is 11.8 Å². The minimum atomic E-state index is -4.18. The van der Waals surface area contributed by atoms with Gasteiger partial charge in [-0.25, -0.2) is 8.78 Å². The van der Waals surface area contributed by atoms with Gasteiger partial charge in [-0.1, -0.05) is 12.1 Å². The lowest BCUT2D eigenvalue weighted by Gasteiger charge is -2.18. The first-order valence-electron chi connectivity index (χ1n) is 5.49. The molecule has 0 N–H and O–H groups in total. The van der Waals surface area contributed by atoms with Gasteiger partial charge in [0.1, 0.15) is 5.75 Å². The van der Waals surface area contributed by atoms with Crippen molar-refractivity contribution in [3.05, 3.63) is 29.8 Å². The van der Waals surface area contributed by atoms with Crippen molar-refractivity contribution in [3.63, 3.8) is 0 Å². The number of nitriles is 1. The van der Waals surface area contributed by atoms with Crippen LogP contribution in [0.3, 0.4) is 0 Å². The van der Waals surface area contributed by atoms with Gasteiger partial charge in [0.05, 0.1) is 11.5 Å². The lowest BCUT2D eigenvalue weighted by Crippen LogP contribution is -2.33. The Labute approximate surface area is 108 Å². The molecular formula is C13H13F4NO. The number of nitrogens with zero attached hydrogens (tertiary/aromatic N) is 1. The Morgan fingerprint density at radius 1 is 1.21 bits per heavy atom. The Balaban J connectivity index is 2.72. The number of alkyl halides is 4. The molecule has 6 heteroatoms. The molecular weight excluding hydrogens is 262 g/mol. The van der Waals surface area contributed by atoms with Crippen molar-refractivity contribution in [1.29, 1.82) is 5.26 Å². The van der Waals surface area contributed by atoms with E-state index >= 15 is 0 Å². The van der Waals surface area contributed by atoms with Crippen LogP contribution < -0.4 is 4.74 Å². The second kappa shape index (κ2) is 5.47. The average molecular weight is 275 g/mol. The zero-order chi connectivity index (χ0) is 14.7. The number of rotatable bonds is 5. The monoisotopic (exact) mass is 275 g/mol. The molecule has 0 spiro atoms. The van der Waals surface area contributed by atoms with Crippen molar-refractivity contribution in [2.24, 2.45) is 0 Å². The third kappa shape index (κ3) is 3.85. The van der Waals surface area contributed by atoms with Crippen LogP contribution in [0.2, 0.25) is 0 Å². The number of hydrogen-bond acceptors (Lipinski definition) is 2. The SMILES string of the molecule is CC(C)(C#N)c1ccc(OCC(F)(F)C(F)F)cc1. The summed E-state index contributed by atoms with van der Waals surface area (Å²) in [6.45, 7) is 2.02. The van der Waals surface area contributed by atoms with E-state index < -0.39 is 24.4 Å². The zero-order valence-corrected chi connectivity index (χ0v) is 10.5. The number of hydrogen-bond donors (Lipinski definition) is 0. The standard InChI is InChI=1S/C13H13F4NO/c1-12(2,7-18)9-3-5-10(6-4-9)19-8-13(16,17)11(14)15/h3-6,11H,8H2,1-2H3. The number of benzene rings is 1. The highest BCUT2D eigenvalue weighted by atomic mass is 19.3. The molecule has 1 rings (SSSR count). The van der Waals surface area contributed by atoms with E-state index in [1.165, 1.54) is 12.1 Å². The maximum absolute atomic E-state index is 12.6. The molecule has 0 saturated carbocycles. The van der Waals surface area contributed by atoms with Crippen molar-refractivity contribution >= 4 is 0 Å². The van der Waals surface area contributed by atoms with E-state index in [1.54, 1.807) is 26.0 Å². The molecule has 1 aromatic carbocycles. The largest absolute Gasteiger partial charge is 0.487 e. The quantitative estimate of drug-likeness (QED) is 0.766. The molecule has 0 aliphatic carbocycles. The fourth-order valence-corrected chi connectivity index (χ4v) is 1.27. The first kappa shape index (κ1) is 15.3. The molecule has 19 heavy (non-hydrogen) atoms. The van der Waals surface area contributed by atoms with Crippen LogP contribution in [0.15, 0.2) is 24.3 Å². The third-order valence-electron chi connectivity index (χ3n) is 2.61. The Hall–Kier alpha value is -1.77. The molecule has 0 radical (unpaired) electrons. The van der Waals surface area contributed by atoms with Crippen molar-refractivity contribution in [2.45, 2.75) is 31.6 Å². The maximum atomic E-state index is 12.6. The first-order chi connectivity index (χ1) is 8.69. The van der Waals surface area contributed by atoms with Crippen LogP contribution >= 0.6 is 0 Å². The van der Waals surface area contributed by atoms with Gasteiger partial charge in [-0.05, 0) is 31.5 Å². The summed E-state index contributed by atoms with van der Waals surface area (Å²) in [5, 5.41) is 8.92. The van der Waals surface area contributed by atoms with Gasteiger partial charge in [0.15, 0.2) is 6.61 Å². The van der Waals surface area contributed by atoms with Crippen LogP contribution in [-0.4, -0.2) is 19.0 Å². The molecule has 0 saturated heterocycles. The Morgan fingerprint density at radius 2 is 1.74 bits per heavy atom. The molecule has 0 atom stereocenters. The van der Waals surface area contributed by atoms with Gasteiger partial charge < -0.3 is 4.74 Å². The van der Waals surface area contributed by atoms with Crippen LogP contribution in [0.1, 0.15) is 19.4 Å². The van der Waals surface area contributed by atoms with Crippen molar-refractivity contribution in [2.75, 3.05) is 6.61 Å². The van der Waals surface area contributed by atoms with E-state index in [0.29, 0.717) is 5.56 Å². The van der Waals surface area contributed by atoms with Crippen molar-refractivity contribution in [1.82, 2.24) is 0 Å². The summed E-state index contributed by atoms with van der Waals surface area (Å²) in [6.07, 6.45) is -3.76. The summed E-state index contributed by atoms with van der Waals surface area (Å²) in [5.74, 6) is -4.12. The highest BCUT2D eigenvalue weighted by Crippen LogP contribution is 2.27. The molecule has 104 valence electrons. The molecule has 0 fully saturated rings. The van der Waals surface area contributed by atoms with E-state index in [1.807, 2.05) is 0 Å². The summed E-state index contributed by atoms with van der Waals surface area (Å²) < 4.78 is 53.7. The lowest BCUT2D eigenvalue weighted by molar-refractivity contribution is -0.148. The minimum Gasteiger partial charge on any atom is -0.487 e. The fourth-order valence-electron chi connectivity index (χ4n) is 1.27. The van der Waals surface area contributed by atoms with E-state index in [4.69, 9.17) is 5.26 Å². The van der Waals surface area contributed by atoms with E-state index in [-0.39, 0.29) is 5.75 Å². The van der Waals surface area contributed by atoms with Gasteiger partial charge in [0.2, 0.25) is 0 Å². The van der Waals surface area contributed by atoms with Crippen LogP contribution in [0, 0.1) is 11.3 Å². The third-order valence-corrected chi connectivity index (χ3v) is 2.61. The molecule has 0 aromatic heterocycles. The number of ether oxygens (including phenoxy) is 1. The summed E-state index contributed by atoms with van der Waals surface area (Å²) >= 11 is 0. The Kier molecular flexibility index (Phi) is 4.40. The second-order valence-electron chi connectivity index (χ2n) is 4.61. The van der Waals surface area contributed by atoms with E-state index in [0.717, 1.165) is 0 Å². The van der Waals surface area contributed by atoms with Gasteiger partial charge in [-0.3, -0.25) is 0 Å². The smallest absolute Gasteiger partial charge is 0.340 e. The molecule has 0 unspecified atom stereocenters. The summed E-state index contributed by atoms with van der Waals surface area (Å²) in [5.41, 5.74) is -0.0335. The Morgan fingerprint density at radius 3 is 2.16 bits per heavy atom. The topological polar surface area (TPSA) is 33.0 Å². The maximum Gasteiger partial charge on any atom is 0.340 e. The van der Waals surface area contributed by atoms with Gasteiger partial charge in [0, 0.05) is 0 Å². The summed E-state index contributed by atoms with van der Waals surface area (Å²) in [6, 6.07) is 7.91. The zero-order valence-electron chi connectivity index (χ0n) is 10.5. The molecule has 0 heterocycles. The molecule has 0 bridgehead atoms. The Bertz CT molecular complexity index is 463. The van der Waals surface area contributed by atoms with Crippen molar-refractivity contribution < 1.29 is 22.3 Å². The summed E-state index contributed by atoms with van der Waals surface area (Å²) in [4.78, 5) is 0. The van der Waals surface area contributed by atoms with E-state index in [2.05, 4.69) is 10.8 Å². The molecule has 1 aromatic rings. The van der Waals surface area contributed by atoms with Crippen LogP contribution in [0.5, 0.6) is 5.75 Å². The minimum absolute atomic E-state index is 0.0535. The van der Waals surface area contributed by atoms with Gasteiger partial charge in [-0.2, -0.15) is 14.0 Å². The van der Waals surface area contributed by atoms with Gasteiger partial charge >= 0.3 is 12.3 Å². The first-order valence-corrected chi connectivity index (χ1v) is 5.49. The fraction of sp³-hybridized carbons (Fsp3) is 0.462. The van der Waals surface area contributed by atoms with Crippen LogP contribution in [-0.2, 0) is 5.41 Å². The molecule has 0 aliphatic rings. The molecule has 2 nitrogen and oxygen atoms in total. The van der Waals surface area contributed by atoms with Crippen LogP contribution in [0.4, 0.5) is 17.6 Å². The highest BCUT2D eigenvalue weighted by molar-refractivity contribution is 5.35. The van der Waals surface area contributed by atoms with Gasteiger partial charge in [-0.15, -0.1) is 0 Å². The summed E-state index contributed by atoms with van der Waals surface area (Å²) in [7, 11) is 0. The predicted octanol–water partition coefficient (Wildman–Crippen LogP) is 3.77. The number of halogens is 4. The molecule has 0 amide bonds. The van der Waals surface area contributed by atoms with Crippen LogP contribution in [0.25, 0.3) is 0 Å². The normalized spacial score (nSPS) is 12.3.